The lowest BCUT2D eigenvalue weighted by Crippen LogP contribution is -2.44. The van der Waals surface area contributed by atoms with Crippen LogP contribution >= 0.6 is 0 Å². The Labute approximate surface area is 106 Å². The lowest BCUT2D eigenvalue weighted by Gasteiger charge is -2.34. The highest BCUT2D eigenvalue weighted by atomic mass is 16.4. The predicted molar refractivity (Wildman–Crippen MR) is 65.0 cm³/mol. The maximum absolute atomic E-state index is 10.8. The summed E-state index contributed by atoms with van der Waals surface area (Å²) in [7, 11) is 0. The number of rotatable bonds is 5. The smallest absolute Gasteiger partial charge is 0.306 e. The molecule has 0 aromatic carbocycles. The molecule has 0 unspecified atom stereocenters. The number of carboxylic acids is 1. The fourth-order valence-corrected chi connectivity index (χ4v) is 2.41. The van der Waals surface area contributed by atoms with Crippen molar-refractivity contribution < 1.29 is 19.4 Å². The number of aliphatic hydroxyl groups is 1. The maximum atomic E-state index is 10.8. The minimum absolute atomic E-state index is 0.292. The van der Waals surface area contributed by atoms with E-state index in [2.05, 4.69) is 5.32 Å². The Morgan fingerprint density at radius 2 is 2.22 bits per heavy atom. The fraction of sp³-hybridized carbons (Fsp3) is 0.615. The van der Waals surface area contributed by atoms with Gasteiger partial charge < -0.3 is 19.9 Å². The Morgan fingerprint density at radius 3 is 2.78 bits per heavy atom. The average molecular weight is 253 g/mol. The summed E-state index contributed by atoms with van der Waals surface area (Å²) in [4.78, 5) is 10.8. The van der Waals surface area contributed by atoms with E-state index in [-0.39, 0.29) is 5.92 Å². The third-order valence-corrected chi connectivity index (χ3v) is 3.63. The predicted octanol–water partition coefficient (Wildman–Crippen LogP) is 1.38. The van der Waals surface area contributed by atoms with Gasteiger partial charge in [-0.1, -0.05) is 0 Å². The zero-order valence-electron chi connectivity index (χ0n) is 10.3. The zero-order chi connectivity index (χ0) is 13.0. The van der Waals surface area contributed by atoms with Gasteiger partial charge in [-0.3, -0.25) is 4.79 Å². The third kappa shape index (κ3) is 3.34. The van der Waals surface area contributed by atoms with Crippen LogP contribution in [0.1, 0.15) is 31.2 Å². The standard InChI is InChI=1S/C13H19NO4/c15-12(16)11-1-4-13(17,5-2-11)9-14-7-10-3-6-18-8-10/h3,6,8,11,14,17H,1-2,4-5,7,9H2,(H,15,16). The lowest BCUT2D eigenvalue weighted by molar-refractivity contribution is -0.144. The van der Waals surface area contributed by atoms with Crippen molar-refractivity contribution in [3.63, 3.8) is 0 Å². The Balaban J connectivity index is 1.74. The van der Waals surface area contributed by atoms with Gasteiger partial charge in [-0.25, -0.2) is 0 Å². The van der Waals surface area contributed by atoms with Crippen LogP contribution < -0.4 is 5.32 Å². The van der Waals surface area contributed by atoms with Crippen LogP contribution in [0.25, 0.3) is 0 Å². The molecule has 0 aliphatic heterocycles. The summed E-state index contributed by atoms with van der Waals surface area (Å²) in [5.74, 6) is -1.04. The number of carbonyl (C=O) groups is 1. The highest BCUT2D eigenvalue weighted by Crippen LogP contribution is 2.31. The lowest BCUT2D eigenvalue weighted by atomic mass is 9.79. The first kappa shape index (κ1) is 13.1. The molecule has 2 rings (SSSR count). The second-order valence-electron chi connectivity index (χ2n) is 5.07. The van der Waals surface area contributed by atoms with Gasteiger partial charge in [0.15, 0.2) is 0 Å². The van der Waals surface area contributed by atoms with Gasteiger partial charge in [0.25, 0.3) is 0 Å². The molecule has 1 aromatic rings. The molecule has 0 bridgehead atoms. The number of aliphatic carboxylic acids is 1. The molecular formula is C13H19NO4. The van der Waals surface area contributed by atoms with Crippen molar-refractivity contribution in [1.82, 2.24) is 5.32 Å². The van der Waals surface area contributed by atoms with Crippen LogP contribution in [-0.2, 0) is 11.3 Å². The molecule has 1 aromatic heterocycles. The van der Waals surface area contributed by atoms with Crippen LogP contribution in [-0.4, -0.2) is 28.3 Å². The van der Waals surface area contributed by atoms with E-state index >= 15 is 0 Å². The van der Waals surface area contributed by atoms with Crippen LogP contribution in [0.2, 0.25) is 0 Å². The minimum Gasteiger partial charge on any atom is -0.481 e. The van der Waals surface area contributed by atoms with Crippen molar-refractivity contribution in [2.45, 2.75) is 37.8 Å². The van der Waals surface area contributed by atoms with Crippen LogP contribution in [0.4, 0.5) is 0 Å². The third-order valence-electron chi connectivity index (χ3n) is 3.63. The van der Waals surface area contributed by atoms with E-state index in [1.54, 1.807) is 12.5 Å². The molecule has 0 amide bonds. The van der Waals surface area contributed by atoms with Gasteiger partial charge in [-0.05, 0) is 31.7 Å². The molecule has 0 saturated heterocycles. The SMILES string of the molecule is O=C(O)C1CCC(O)(CNCc2ccoc2)CC1. The number of carboxylic acid groups (broad SMARTS) is 1. The number of hydrogen-bond acceptors (Lipinski definition) is 4. The summed E-state index contributed by atoms with van der Waals surface area (Å²) in [6.07, 6.45) is 5.48. The van der Waals surface area contributed by atoms with E-state index < -0.39 is 11.6 Å². The first-order valence-electron chi connectivity index (χ1n) is 6.26. The highest BCUT2D eigenvalue weighted by molar-refractivity contribution is 5.70. The van der Waals surface area contributed by atoms with Gasteiger partial charge in [0.1, 0.15) is 0 Å². The molecule has 0 atom stereocenters. The minimum atomic E-state index is -0.768. The molecule has 0 radical (unpaired) electrons. The first-order chi connectivity index (χ1) is 8.59. The van der Waals surface area contributed by atoms with Crippen LogP contribution in [0.15, 0.2) is 23.0 Å². The molecule has 1 heterocycles. The van der Waals surface area contributed by atoms with Crippen molar-refractivity contribution in [3.05, 3.63) is 24.2 Å². The van der Waals surface area contributed by atoms with E-state index in [0.29, 0.717) is 38.8 Å². The van der Waals surface area contributed by atoms with Gasteiger partial charge in [-0.15, -0.1) is 0 Å². The Kier molecular flexibility index (Phi) is 4.04. The monoisotopic (exact) mass is 253 g/mol. The summed E-state index contributed by atoms with van der Waals surface area (Å²) < 4.78 is 4.95. The molecule has 1 aliphatic carbocycles. The quantitative estimate of drug-likeness (QED) is 0.738. The fourth-order valence-electron chi connectivity index (χ4n) is 2.41. The molecule has 100 valence electrons. The average Bonchev–Trinajstić information content (AvgIpc) is 2.82. The highest BCUT2D eigenvalue weighted by Gasteiger charge is 2.35. The summed E-state index contributed by atoms with van der Waals surface area (Å²) in [6, 6.07) is 1.87. The van der Waals surface area contributed by atoms with Gasteiger partial charge >= 0.3 is 5.97 Å². The van der Waals surface area contributed by atoms with Crippen molar-refractivity contribution >= 4 is 5.97 Å². The second-order valence-corrected chi connectivity index (χ2v) is 5.07. The van der Waals surface area contributed by atoms with Gasteiger partial charge in [-0.2, -0.15) is 0 Å². The molecule has 18 heavy (non-hydrogen) atoms. The topological polar surface area (TPSA) is 82.7 Å². The van der Waals surface area contributed by atoms with Crippen LogP contribution in [0, 0.1) is 5.92 Å². The van der Waals surface area contributed by atoms with Crippen LogP contribution in [0.5, 0.6) is 0 Å². The molecule has 0 spiro atoms. The molecule has 3 N–H and O–H groups in total. The number of furan rings is 1. The van der Waals surface area contributed by atoms with Crippen molar-refractivity contribution in [2.75, 3.05) is 6.54 Å². The van der Waals surface area contributed by atoms with E-state index in [1.165, 1.54) is 0 Å². The van der Waals surface area contributed by atoms with E-state index in [9.17, 15) is 9.90 Å². The van der Waals surface area contributed by atoms with Gasteiger partial charge in [0.2, 0.25) is 0 Å². The summed E-state index contributed by atoms with van der Waals surface area (Å²) in [5, 5.41) is 22.4. The van der Waals surface area contributed by atoms with Crippen molar-refractivity contribution in [1.29, 1.82) is 0 Å². The summed E-state index contributed by atoms with van der Waals surface area (Å²) in [6.45, 7) is 1.14. The molecule has 5 nitrogen and oxygen atoms in total. The van der Waals surface area contributed by atoms with Crippen molar-refractivity contribution in [2.24, 2.45) is 5.92 Å². The normalized spacial score (nSPS) is 28.2. The largest absolute Gasteiger partial charge is 0.481 e. The van der Waals surface area contributed by atoms with E-state index in [0.717, 1.165) is 5.56 Å². The van der Waals surface area contributed by atoms with Gasteiger partial charge in [0, 0.05) is 18.7 Å². The molecule has 5 heteroatoms. The Hall–Kier alpha value is -1.33. The second kappa shape index (κ2) is 5.54. The first-order valence-corrected chi connectivity index (χ1v) is 6.26. The van der Waals surface area contributed by atoms with E-state index in [1.807, 2.05) is 6.07 Å². The molecule has 1 fully saturated rings. The molecular weight excluding hydrogens is 234 g/mol. The van der Waals surface area contributed by atoms with Gasteiger partial charge in [0.05, 0.1) is 24.0 Å². The summed E-state index contributed by atoms with van der Waals surface area (Å²) in [5.41, 5.74) is 0.271. The zero-order valence-corrected chi connectivity index (χ0v) is 10.3. The van der Waals surface area contributed by atoms with Crippen LogP contribution in [0.3, 0.4) is 0 Å². The Morgan fingerprint density at radius 1 is 1.50 bits per heavy atom. The Bertz CT molecular complexity index is 380. The number of nitrogens with one attached hydrogen (secondary N) is 1. The van der Waals surface area contributed by atoms with E-state index in [4.69, 9.17) is 9.52 Å². The summed E-state index contributed by atoms with van der Waals surface area (Å²) >= 11 is 0. The maximum Gasteiger partial charge on any atom is 0.306 e. The molecule has 1 aliphatic rings. The van der Waals surface area contributed by atoms with Crippen molar-refractivity contribution in [3.8, 4) is 0 Å². The number of hydrogen-bond donors (Lipinski definition) is 3. The molecule has 1 saturated carbocycles.